The molecule has 6 aromatic rings. The Balaban J connectivity index is 1.42. The van der Waals surface area contributed by atoms with Crippen LogP contribution in [0.15, 0.2) is 161 Å². The molecule has 46 heavy (non-hydrogen) atoms. The van der Waals surface area contributed by atoms with E-state index in [0.717, 1.165) is 62.1 Å². The van der Waals surface area contributed by atoms with Gasteiger partial charge in [0.05, 0.1) is 40.0 Å². The van der Waals surface area contributed by atoms with Crippen molar-refractivity contribution in [3.8, 4) is 22.4 Å². The summed E-state index contributed by atoms with van der Waals surface area (Å²) in [7, 11) is 0. The summed E-state index contributed by atoms with van der Waals surface area (Å²) in [6, 6.07) is 43.4. The maximum Gasteiger partial charge on any atom is 0.0831 e. The van der Waals surface area contributed by atoms with Crippen LogP contribution < -0.4 is 11.1 Å². The summed E-state index contributed by atoms with van der Waals surface area (Å²) in [4.78, 5) is 9.83. The standard InChI is InChI=1S/C40H32IN5/c1-28(46-40(32-11-3-2-4-12-32)37-20-19-31-10-5-6-13-36(31)39(37)42)33-24-34(26-35(25-33)38-14-7-8-22-44-38)30-17-15-29(16-18-30)27-43-21-9-23-45-41/h2-26,43H,1,27,42H2/b21-9-,45-23?,46-40?. The predicted octanol–water partition coefficient (Wildman–Crippen LogP) is 9.68. The average Bonchev–Trinajstić information content (AvgIpc) is 3.12. The number of fused-ring (bicyclic) bond motifs is 1. The molecule has 0 aliphatic carbocycles. The van der Waals surface area contributed by atoms with Gasteiger partial charge in [-0.3, -0.25) is 4.98 Å². The van der Waals surface area contributed by atoms with E-state index in [2.05, 4.69) is 92.9 Å². The van der Waals surface area contributed by atoms with E-state index in [1.165, 1.54) is 5.56 Å². The first-order chi connectivity index (χ1) is 22.6. The molecule has 6 rings (SSSR count). The molecule has 0 aliphatic rings. The molecule has 0 spiro atoms. The van der Waals surface area contributed by atoms with E-state index < -0.39 is 0 Å². The van der Waals surface area contributed by atoms with E-state index in [1.54, 1.807) is 6.21 Å². The summed E-state index contributed by atoms with van der Waals surface area (Å²) < 4.78 is 3.93. The van der Waals surface area contributed by atoms with Crippen molar-refractivity contribution in [1.82, 2.24) is 10.3 Å². The van der Waals surface area contributed by atoms with Gasteiger partial charge in [-0.1, -0.05) is 104 Å². The summed E-state index contributed by atoms with van der Waals surface area (Å²) in [5.74, 6) is 0. The molecular weight excluding hydrogens is 677 g/mol. The number of hydrogen-bond donors (Lipinski definition) is 2. The van der Waals surface area contributed by atoms with Crippen LogP contribution in [0.25, 0.3) is 38.9 Å². The molecule has 1 aromatic heterocycles. The number of nitrogens with one attached hydrogen (secondary N) is 1. The van der Waals surface area contributed by atoms with Gasteiger partial charge in [0.2, 0.25) is 0 Å². The van der Waals surface area contributed by atoms with Crippen molar-refractivity contribution in [3.05, 3.63) is 175 Å². The highest BCUT2D eigenvalue weighted by molar-refractivity contribution is 14.1. The Labute approximate surface area is 283 Å². The minimum Gasteiger partial charge on any atom is -0.398 e. The zero-order valence-electron chi connectivity index (χ0n) is 25.1. The van der Waals surface area contributed by atoms with Crippen molar-refractivity contribution >= 4 is 56.9 Å². The molecule has 224 valence electrons. The highest BCUT2D eigenvalue weighted by Gasteiger charge is 2.15. The normalized spacial score (nSPS) is 11.8. The number of nitrogen functional groups attached to an aromatic ring is 1. The van der Waals surface area contributed by atoms with E-state index >= 15 is 0 Å². The SMILES string of the molecule is C=C(N=C(c1ccccc1)c1ccc2ccccc2c1N)c1cc(-c2ccc(CN/C=C\C=NI)cc2)cc(-c2ccccn2)c1. The number of aliphatic imine (C=N–C) groups is 1. The van der Waals surface area contributed by atoms with Gasteiger partial charge >= 0.3 is 0 Å². The Morgan fingerprint density at radius 2 is 1.54 bits per heavy atom. The van der Waals surface area contributed by atoms with Crippen LogP contribution in [0, 0.1) is 0 Å². The minimum absolute atomic E-state index is 0.632. The van der Waals surface area contributed by atoms with E-state index in [0.29, 0.717) is 11.4 Å². The second-order valence-corrected chi connectivity index (χ2v) is 11.3. The van der Waals surface area contributed by atoms with Crippen LogP contribution in [0.1, 0.15) is 22.3 Å². The topological polar surface area (TPSA) is 75.7 Å². The number of aromatic nitrogens is 1. The molecule has 0 atom stereocenters. The lowest BCUT2D eigenvalue weighted by Crippen LogP contribution is -2.08. The molecule has 0 unspecified atom stereocenters. The first-order valence-electron chi connectivity index (χ1n) is 14.9. The Kier molecular flexibility index (Phi) is 9.75. The fourth-order valence-corrected chi connectivity index (χ4v) is 5.54. The molecule has 5 aromatic carbocycles. The van der Waals surface area contributed by atoms with Gasteiger partial charge in [0, 0.05) is 52.3 Å². The van der Waals surface area contributed by atoms with Gasteiger partial charge in [-0.15, -0.1) is 0 Å². The Bertz CT molecular complexity index is 2070. The number of nitrogens with zero attached hydrogens (tertiary/aromatic N) is 3. The van der Waals surface area contributed by atoms with Gasteiger partial charge < -0.3 is 11.1 Å². The van der Waals surface area contributed by atoms with Crippen molar-refractivity contribution in [2.24, 2.45) is 8.20 Å². The van der Waals surface area contributed by atoms with Crippen LogP contribution in [0.5, 0.6) is 0 Å². The molecule has 5 nitrogen and oxygen atoms in total. The van der Waals surface area contributed by atoms with Gasteiger partial charge in [-0.05, 0) is 64.7 Å². The molecule has 3 N–H and O–H groups in total. The van der Waals surface area contributed by atoms with Crippen molar-refractivity contribution < 1.29 is 0 Å². The molecule has 0 aliphatic heterocycles. The second-order valence-electron chi connectivity index (χ2n) is 10.7. The maximum atomic E-state index is 6.80. The molecule has 6 heteroatoms. The van der Waals surface area contributed by atoms with Gasteiger partial charge in [0.15, 0.2) is 0 Å². The lowest BCUT2D eigenvalue weighted by molar-refractivity contribution is 0.871. The summed E-state index contributed by atoms with van der Waals surface area (Å²) in [5, 5.41) is 5.38. The lowest BCUT2D eigenvalue weighted by atomic mass is 9.95. The van der Waals surface area contributed by atoms with Gasteiger partial charge in [-0.25, -0.2) is 8.20 Å². The lowest BCUT2D eigenvalue weighted by Gasteiger charge is -2.15. The summed E-state index contributed by atoms with van der Waals surface area (Å²) in [5.41, 5.74) is 16.8. The predicted molar refractivity (Wildman–Crippen MR) is 203 cm³/mol. The first-order valence-corrected chi connectivity index (χ1v) is 15.9. The number of pyridine rings is 1. The van der Waals surface area contributed by atoms with Crippen molar-refractivity contribution in [3.63, 3.8) is 0 Å². The summed E-state index contributed by atoms with van der Waals surface area (Å²) >= 11 is 1.96. The van der Waals surface area contributed by atoms with Crippen LogP contribution in [0.3, 0.4) is 0 Å². The third-order valence-corrected chi connectivity index (χ3v) is 8.02. The Morgan fingerprint density at radius 3 is 2.33 bits per heavy atom. The van der Waals surface area contributed by atoms with Crippen LogP contribution >= 0.6 is 22.9 Å². The number of benzene rings is 5. The van der Waals surface area contributed by atoms with Gasteiger partial charge in [0.25, 0.3) is 0 Å². The van der Waals surface area contributed by atoms with Crippen LogP contribution in [-0.2, 0) is 6.54 Å². The average molecular weight is 710 g/mol. The highest BCUT2D eigenvalue weighted by Crippen LogP contribution is 2.32. The third kappa shape index (κ3) is 7.14. The zero-order valence-corrected chi connectivity index (χ0v) is 27.3. The molecule has 0 bridgehead atoms. The second kappa shape index (κ2) is 14.6. The molecule has 1 heterocycles. The molecule has 0 saturated carbocycles. The smallest absolute Gasteiger partial charge is 0.0831 e. The fraction of sp³-hybridized carbons (Fsp3) is 0.0250. The van der Waals surface area contributed by atoms with Crippen LogP contribution in [0.4, 0.5) is 5.69 Å². The molecule has 0 fully saturated rings. The number of rotatable bonds is 10. The monoisotopic (exact) mass is 709 g/mol. The molecular formula is C40H32IN5. The van der Waals surface area contributed by atoms with E-state index in [9.17, 15) is 0 Å². The fourth-order valence-electron chi connectivity index (χ4n) is 5.36. The minimum atomic E-state index is 0.632. The molecule has 0 amide bonds. The van der Waals surface area contributed by atoms with Gasteiger partial charge in [0.1, 0.15) is 0 Å². The van der Waals surface area contributed by atoms with E-state index in [1.807, 2.05) is 95.9 Å². The number of hydrogen-bond acceptors (Lipinski definition) is 5. The Morgan fingerprint density at radius 1 is 0.783 bits per heavy atom. The largest absolute Gasteiger partial charge is 0.398 e. The van der Waals surface area contributed by atoms with Crippen molar-refractivity contribution in [2.75, 3.05) is 5.73 Å². The number of allylic oxidation sites excluding steroid dienone is 1. The summed E-state index contributed by atoms with van der Waals surface area (Å²) in [6.45, 7) is 5.19. The van der Waals surface area contributed by atoms with Crippen LogP contribution in [0.2, 0.25) is 0 Å². The number of halogens is 1. The van der Waals surface area contributed by atoms with E-state index in [4.69, 9.17) is 10.7 Å². The van der Waals surface area contributed by atoms with Gasteiger partial charge in [-0.2, -0.15) is 0 Å². The Hall–Kier alpha value is -5.34. The van der Waals surface area contributed by atoms with Crippen molar-refractivity contribution in [2.45, 2.75) is 6.54 Å². The quantitative estimate of drug-likeness (QED) is 0.0845. The molecule has 0 saturated heterocycles. The number of nitrogens with two attached hydrogens (primary N) is 1. The van der Waals surface area contributed by atoms with Crippen LogP contribution in [-0.4, -0.2) is 16.9 Å². The van der Waals surface area contributed by atoms with E-state index in [-0.39, 0.29) is 0 Å². The highest BCUT2D eigenvalue weighted by atomic mass is 127. The maximum absolute atomic E-state index is 6.80. The molecule has 0 radical (unpaired) electrons. The zero-order chi connectivity index (χ0) is 31.7. The first kappa shape index (κ1) is 30.7. The third-order valence-electron chi connectivity index (χ3n) is 7.70. The van der Waals surface area contributed by atoms with Crippen molar-refractivity contribution in [1.29, 1.82) is 0 Å². The number of anilines is 1. The summed E-state index contributed by atoms with van der Waals surface area (Å²) in [6.07, 6.45) is 7.31.